The molecule has 2 aromatic carbocycles. The SMILES string of the molecule is CN=CC(=CN)c1cc(NC=C(Br)C(N=CN)=Nc2ccc3nccnc3c2P(C)(C)=O)c(OC)cc1N1CCN2CCCCC2C1. The lowest BCUT2D eigenvalue weighted by Crippen LogP contribution is -2.55. The fourth-order valence-corrected chi connectivity index (χ4v) is 7.89. The third kappa shape index (κ3) is 7.75. The zero-order valence-electron chi connectivity index (χ0n) is 27.2. The summed E-state index contributed by atoms with van der Waals surface area (Å²) in [7, 11) is 0.560. The van der Waals surface area contributed by atoms with E-state index in [1.54, 1.807) is 70.6 Å². The van der Waals surface area contributed by atoms with Gasteiger partial charge >= 0.3 is 0 Å². The summed E-state index contributed by atoms with van der Waals surface area (Å²) < 4.78 is 19.8. The number of ether oxygens (including phenoxy) is 1. The molecule has 14 heteroatoms. The number of fused-ring (bicyclic) bond motifs is 2. The molecule has 5 N–H and O–H groups in total. The minimum atomic E-state index is -2.82. The molecule has 0 spiro atoms. The van der Waals surface area contributed by atoms with Crippen LogP contribution in [-0.4, -0.2) is 93.0 Å². The van der Waals surface area contributed by atoms with Crippen LogP contribution in [0, 0.1) is 0 Å². The second-order valence-corrected chi connectivity index (χ2v) is 15.8. The van der Waals surface area contributed by atoms with Crippen LogP contribution in [0.25, 0.3) is 16.6 Å². The highest BCUT2D eigenvalue weighted by atomic mass is 79.9. The van der Waals surface area contributed by atoms with Crippen molar-refractivity contribution in [1.29, 1.82) is 0 Å². The summed E-state index contributed by atoms with van der Waals surface area (Å²) in [6.45, 7) is 7.41. The predicted octanol–water partition coefficient (Wildman–Crippen LogP) is 4.93. The van der Waals surface area contributed by atoms with Crippen LogP contribution in [-0.2, 0) is 4.57 Å². The number of hydrogen-bond acceptors (Lipinski definition) is 10. The second kappa shape index (κ2) is 15.2. The topological polar surface area (TPSA) is 160 Å². The number of hydrogen-bond donors (Lipinski definition) is 3. The first-order valence-corrected chi connectivity index (χ1v) is 18.9. The Morgan fingerprint density at radius 2 is 1.96 bits per heavy atom. The number of piperidine rings is 1. The van der Waals surface area contributed by atoms with Gasteiger partial charge in [0.05, 0.1) is 40.1 Å². The highest BCUT2D eigenvalue weighted by Crippen LogP contribution is 2.42. The molecule has 1 aromatic heterocycles. The number of aliphatic imine (C=N–C) groups is 3. The van der Waals surface area contributed by atoms with Gasteiger partial charge in [-0.1, -0.05) is 6.42 Å². The summed E-state index contributed by atoms with van der Waals surface area (Å²) in [6.07, 6.45) is 13.1. The molecule has 248 valence electrons. The maximum Gasteiger partial charge on any atom is 0.169 e. The molecule has 3 heterocycles. The van der Waals surface area contributed by atoms with E-state index in [1.165, 1.54) is 25.8 Å². The summed E-state index contributed by atoms with van der Waals surface area (Å²) in [5.74, 6) is 0.921. The van der Waals surface area contributed by atoms with Gasteiger partial charge < -0.3 is 31.0 Å². The van der Waals surface area contributed by atoms with E-state index in [1.807, 2.05) is 6.07 Å². The van der Waals surface area contributed by atoms with E-state index in [9.17, 15) is 4.57 Å². The Kier molecular flexibility index (Phi) is 11.1. The quantitative estimate of drug-likeness (QED) is 0.158. The number of rotatable bonds is 9. The minimum absolute atomic E-state index is 0.264. The smallest absolute Gasteiger partial charge is 0.169 e. The largest absolute Gasteiger partial charge is 0.494 e. The Balaban J connectivity index is 1.53. The Bertz CT molecular complexity index is 1820. The fourth-order valence-electron chi connectivity index (χ4n) is 6.23. The van der Waals surface area contributed by atoms with E-state index in [0.717, 1.165) is 42.8 Å². The van der Waals surface area contributed by atoms with Gasteiger partial charge in [-0.05, 0) is 66.8 Å². The summed E-state index contributed by atoms with van der Waals surface area (Å²) >= 11 is 3.62. The number of nitrogens with one attached hydrogen (secondary N) is 1. The molecule has 47 heavy (non-hydrogen) atoms. The van der Waals surface area contributed by atoms with Gasteiger partial charge in [0.1, 0.15) is 18.4 Å². The number of benzene rings is 2. The number of nitrogens with zero attached hydrogens (tertiary/aromatic N) is 7. The van der Waals surface area contributed by atoms with Gasteiger partial charge in [-0.15, -0.1) is 0 Å². The summed E-state index contributed by atoms with van der Waals surface area (Å²) in [5.41, 5.74) is 17.0. The first-order chi connectivity index (χ1) is 22.7. The van der Waals surface area contributed by atoms with Crippen LogP contribution in [0.15, 0.2) is 68.5 Å². The van der Waals surface area contributed by atoms with Gasteiger partial charge in [0.15, 0.2) is 5.84 Å². The molecule has 2 aliphatic heterocycles. The van der Waals surface area contributed by atoms with Crippen molar-refractivity contribution in [2.24, 2.45) is 26.4 Å². The monoisotopic (exact) mass is 720 g/mol. The molecule has 0 aliphatic carbocycles. The van der Waals surface area contributed by atoms with Crippen LogP contribution in [0.1, 0.15) is 24.8 Å². The van der Waals surface area contributed by atoms with Gasteiger partial charge in [0.2, 0.25) is 0 Å². The van der Waals surface area contributed by atoms with Crippen LogP contribution >= 0.6 is 23.1 Å². The first-order valence-electron chi connectivity index (χ1n) is 15.5. The first kappa shape index (κ1) is 34.3. The Morgan fingerprint density at radius 1 is 1.15 bits per heavy atom. The van der Waals surface area contributed by atoms with Crippen LogP contribution in [0.4, 0.5) is 17.1 Å². The van der Waals surface area contributed by atoms with Crippen LogP contribution in [0.5, 0.6) is 5.75 Å². The fraction of sp³-hybridized carbons (Fsp3) is 0.364. The third-order valence-corrected chi connectivity index (χ3v) is 10.5. The molecule has 2 fully saturated rings. The molecule has 5 rings (SSSR count). The highest BCUT2D eigenvalue weighted by Gasteiger charge is 2.31. The molecular weight excluding hydrogens is 679 g/mol. The van der Waals surface area contributed by atoms with E-state index in [-0.39, 0.29) is 5.84 Å². The second-order valence-electron chi connectivity index (χ2n) is 11.8. The van der Waals surface area contributed by atoms with Gasteiger partial charge in [-0.2, -0.15) is 0 Å². The number of amidine groups is 1. The zero-order valence-corrected chi connectivity index (χ0v) is 29.7. The van der Waals surface area contributed by atoms with Crippen molar-refractivity contribution in [2.75, 3.05) is 63.9 Å². The molecule has 2 saturated heterocycles. The van der Waals surface area contributed by atoms with E-state index < -0.39 is 7.14 Å². The molecule has 2 aliphatic rings. The molecule has 0 saturated carbocycles. The molecule has 0 bridgehead atoms. The van der Waals surface area contributed by atoms with Gasteiger partial charge in [-0.3, -0.25) is 19.9 Å². The average molecular weight is 722 g/mol. The number of aromatic nitrogens is 2. The molecule has 12 nitrogen and oxygen atoms in total. The van der Waals surface area contributed by atoms with Crippen molar-refractivity contribution in [3.05, 3.63) is 59.1 Å². The lowest BCUT2D eigenvalue weighted by atomic mass is 9.97. The standard InChI is InChI=1S/C33H42BrN10O2P/c1-37-18-22(17-35)24-15-28(30(46-2)16-29(24)44-14-13-43-12-6-5-7-23(43)20-44)40-19-25(34)33(41-21-36)42-27-9-8-26-31(39-11-10-38-26)32(27)47(3,4)45/h8-11,15-19,21,23,40H,5-7,12-14,20,35H2,1-4H3,(H2,36,41,42). The molecule has 0 radical (unpaired) electrons. The van der Waals surface area contributed by atoms with E-state index in [0.29, 0.717) is 44.0 Å². The summed E-state index contributed by atoms with van der Waals surface area (Å²) in [6, 6.07) is 8.17. The minimum Gasteiger partial charge on any atom is -0.494 e. The summed E-state index contributed by atoms with van der Waals surface area (Å²) in [4.78, 5) is 27.2. The Morgan fingerprint density at radius 3 is 2.68 bits per heavy atom. The van der Waals surface area contributed by atoms with Crippen molar-refractivity contribution in [1.82, 2.24) is 14.9 Å². The number of methoxy groups -OCH3 is 1. The van der Waals surface area contributed by atoms with Crippen LogP contribution in [0.3, 0.4) is 0 Å². The van der Waals surface area contributed by atoms with E-state index >= 15 is 0 Å². The Labute approximate surface area is 284 Å². The predicted molar refractivity (Wildman–Crippen MR) is 200 cm³/mol. The summed E-state index contributed by atoms with van der Waals surface area (Å²) in [5, 5.41) is 3.88. The lowest BCUT2D eigenvalue weighted by Gasteiger charge is -2.45. The molecule has 0 amide bonds. The maximum absolute atomic E-state index is 13.4. The molecule has 1 atom stereocenters. The van der Waals surface area contributed by atoms with Gasteiger partial charge in [0.25, 0.3) is 0 Å². The normalized spacial score (nSPS) is 18.7. The van der Waals surface area contributed by atoms with Crippen molar-refractivity contribution in [3.8, 4) is 5.75 Å². The van der Waals surface area contributed by atoms with Crippen molar-refractivity contribution in [2.45, 2.75) is 25.3 Å². The van der Waals surface area contributed by atoms with Gasteiger partial charge in [0, 0.05) is 86.6 Å². The number of halogens is 1. The number of nitrogens with two attached hydrogens (primary N) is 2. The zero-order chi connectivity index (χ0) is 33.6. The Hall–Kier alpha value is -4.06. The van der Waals surface area contributed by atoms with Crippen LogP contribution < -0.4 is 31.7 Å². The van der Waals surface area contributed by atoms with E-state index in [4.69, 9.17) is 21.2 Å². The van der Waals surface area contributed by atoms with Crippen molar-refractivity contribution in [3.63, 3.8) is 0 Å². The maximum atomic E-state index is 13.4. The van der Waals surface area contributed by atoms with E-state index in [2.05, 4.69) is 57.1 Å². The molecule has 3 aromatic rings. The van der Waals surface area contributed by atoms with Crippen molar-refractivity contribution < 1.29 is 9.30 Å². The lowest BCUT2D eigenvalue weighted by molar-refractivity contribution is 0.133. The molecular formula is C33H42BrN10O2P. The third-order valence-electron chi connectivity index (χ3n) is 8.38. The number of piperazine rings is 1. The van der Waals surface area contributed by atoms with Gasteiger partial charge in [-0.25, -0.2) is 9.98 Å². The number of anilines is 2. The van der Waals surface area contributed by atoms with Crippen molar-refractivity contribution >= 4 is 80.4 Å². The van der Waals surface area contributed by atoms with Crippen LogP contribution in [0.2, 0.25) is 0 Å². The highest BCUT2D eigenvalue weighted by molar-refractivity contribution is 9.12. The number of allylic oxidation sites excluding steroid dienone is 1. The molecule has 1 unspecified atom stereocenters. The average Bonchev–Trinajstić information content (AvgIpc) is 3.08.